The third kappa shape index (κ3) is 6.56. The molecule has 8 aromatic rings. The average Bonchev–Trinajstić information content (AvgIpc) is 3.19. The highest BCUT2D eigenvalue weighted by Gasteiger charge is 2.15. The van der Waals surface area contributed by atoms with Gasteiger partial charge in [0, 0.05) is 34.1 Å². The summed E-state index contributed by atoms with van der Waals surface area (Å²) in [5, 5.41) is 2.40. The average molecular weight is 641 g/mol. The molecule has 0 aliphatic carbocycles. The molecule has 50 heavy (non-hydrogen) atoms. The standard InChI is InChI=1S/C48H36N2/c1-6-16-38(17-7-1)48(39-28-31-46(32-29-39)49(42-18-8-2-9-19-42)43-20-10-3-11-21-43)35-37-26-27-41-36-47(33-30-40(41)34-37)50(44-22-12-4-13-23-44)45-24-14-5-15-25-45/h1-36H/b48-35+. The van der Waals surface area contributed by atoms with Crippen LogP contribution in [0, 0.1) is 0 Å². The quantitative estimate of drug-likeness (QED) is 0.145. The maximum Gasteiger partial charge on any atom is 0.0468 e. The number of benzene rings is 8. The molecule has 0 radical (unpaired) electrons. The minimum absolute atomic E-state index is 1.11. The summed E-state index contributed by atoms with van der Waals surface area (Å²) in [7, 11) is 0. The van der Waals surface area contributed by atoms with E-state index in [0.717, 1.165) is 45.3 Å². The molecule has 0 fully saturated rings. The Kier molecular flexibility index (Phi) is 8.73. The van der Waals surface area contributed by atoms with E-state index in [1.807, 2.05) is 0 Å². The Morgan fingerprint density at radius 2 is 0.660 bits per heavy atom. The number of hydrogen-bond donors (Lipinski definition) is 0. The normalized spacial score (nSPS) is 11.3. The number of nitrogens with zero attached hydrogens (tertiary/aromatic N) is 2. The van der Waals surface area contributed by atoms with E-state index in [4.69, 9.17) is 0 Å². The molecule has 238 valence electrons. The summed E-state index contributed by atoms with van der Waals surface area (Å²) in [4.78, 5) is 4.60. The molecular weight excluding hydrogens is 605 g/mol. The molecule has 0 aliphatic heterocycles. The number of fused-ring (bicyclic) bond motifs is 1. The first-order valence-corrected chi connectivity index (χ1v) is 17.0. The third-order valence-corrected chi connectivity index (χ3v) is 9.00. The van der Waals surface area contributed by atoms with E-state index < -0.39 is 0 Å². The van der Waals surface area contributed by atoms with E-state index in [1.165, 1.54) is 21.9 Å². The van der Waals surface area contributed by atoms with Crippen molar-refractivity contribution in [3.63, 3.8) is 0 Å². The lowest BCUT2D eigenvalue weighted by atomic mass is 9.94. The second-order valence-corrected chi connectivity index (χ2v) is 12.3. The zero-order chi connectivity index (χ0) is 33.5. The highest BCUT2D eigenvalue weighted by Crippen LogP contribution is 2.38. The lowest BCUT2D eigenvalue weighted by Gasteiger charge is -2.25. The molecule has 2 heteroatoms. The number of anilines is 6. The van der Waals surface area contributed by atoms with Crippen molar-refractivity contribution < 1.29 is 0 Å². The van der Waals surface area contributed by atoms with Crippen LogP contribution >= 0.6 is 0 Å². The Labute approximate surface area is 294 Å². The summed E-state index contributed by atoms with van der Waals surface area (Å²) in [6, 6.07) is 75.3. The van der Waals surface area contributed by atoms with Gasteiger partial charge in [-0.05, 0) is 118 Å². The van der Waals surface area contributed by atoms with E-state index in [1.54, 1.807) is 0 Å². The summed E-state index contributed by atoms with van der Waals surface area (Å²) in [5.41, 5.74) is 11.4. The van der Waals surface area contributed by atoms with Gasteiger partial charge >= 0.3 is 0 Å². The van der Waals surface area contributed by atoms with E-state index >= 15 is 0 Å². The first-order valence-electron chi connectivity index (χ1n) is 17.0. The van der Waals surface area contributed by atoms with Crippen LogP contribution in [0.1, 0.15) is 16.7 Å². The minimum Gasteiger partial charge on any atom is -0.311 e. The van der Waals surface area contributed by atoms with Gasteiger partial charge in [0.25, 0.3) is 0 Å². The number of rotatable bonds is 9. The molecule has 0 N–H and O–H groups in total. The van der Waals surface area contributed by atoms with Crippen LogP contribution in [0.25, 0.3) is 22.4 Å². The highest BCUT2D eigenvalue weighted by atomic mass is 15.1. The largest absolute Gasteiger partial charge is 0.311 e. The molecule has 0 saturated carbocycles. The fraction of sp³-hybridized carbons (Fsp3) is 0. The van der Waals surface area contributed by atoms with Gasteiger partial charge in [-0.1, -0.05) is 133 Å². The van der Waals surface area contributed by atoms with Crippen LogP contribution in [0.2, 0.25) is 0 Å². The topological polar surface area (TPSA) is 6.48 Å². The van der Waals surface area contributed by atoms with E-state index in [0.29, 0.717) is 0 Å². The van der Waals surface area contributed by atoms with Crippen molar-refractivity contribution in [3.05, 3.63) is 229 Å². The van der Waals surface area contributed by atoms with E-state index in [2.05, 4.69) is 228 Å². The first-order chi connectivity index (χ1) is 24.8. The van der Waals surface area contributed by atoms with Gasteiger partial charge in [-0.15, -0.1) is 0 Å². The summed E-state index contributed by atoms with van der Waals surface area (Å²) in [6.45, 7) is 0. The van der Waals surface area contributed by atoms with Crippen molar-refractivity contribution >= 4 is 56.5 Å². The van der Waals surface area contributed by atoms with Gasteiger partial charge in [0.2, 0.25) is 0 Å². The van der Waals surface area contributed by atoms with Gasteiger partial charge < -0.3 is 9.80 Å². The van der Waals surface area contributed by atoms with Gasteiger partial charge in [-0.3, -0.25) is 0 Å². The van der Waals surface area contributed by atoms with Crippen molar-refractivity contribution in [3.8, 4) is 0 Å². The molecule has 0 atom stereocenters. The van der Waals surface area contributed by atoms with Gasteiger partial charge in [-0.2, -0.15) is 0 Å². The maximum absolute atomic E-state index is 2.31. The number of hydrogen-bond acceptors (Lipinski definition) is 2. The molecule has 0 heterocycles. The summed E-state index contributed by atoms with van der Waals surface area (Å²) in [6.07, 6.45) is 2.31. The lowest BCUT2D eigenvalue weighted by Crippen LogP contribution is -2.09. The van der Waals surface area contributed by atoms with Crippen molar-refractivity contribution in [1.29, 1.82) is 0 Å². The maximum atomic E-state index is 2.31. The van der Waals surface area contributed by atoms with E-state index in [-0.39, 0.29) is 0 Å². The predicted octanol–water partition coefficient (Wildman–Crippen LogP) is 13.4. The van der Waals surface area contributed by atoms with Crippen molar-refractivity contribution in [2.75, 3.05) is 9.80 Å². The summed E-state index contributed by atoms with van der Waals surface area (Å²) in [5.74, 6) is 0. The highest BCUT2D eigenvalue weighted by molar-refractivity contribution is 5.95. The Morgan fingerprint density at radius 1 is 0.300 bits per heavy atom. The zero-order valence-electron chi connectivity index (χ0n) is 27.7. The molecular formula is C48H36N2. The van der Waals surface area contributed by atoms with Gasteiger partial charge in [0.05, 0.1) is 0 Å². The number of para-hydroxylation sites is 4. The monoisotopic (exact) mass is 640 g/mol. The molecule has 0 amide bonds. The predicted molar refractivity (Wildman–Crippen MR) is 213 cm³/mol. The molecule has 8 rings (SSSR count). The van der Waals surface area contributed by atoms with Gasteiger partial charge in [-0.25, -0.2) is 0 Å². The van der Waals surface area contributed by atoms with Crippen LogP contribution in [-0.4, -0.2) is 0 Å². The molecule has 0 unspecified atom stereocenters. The molecule has 8 aromatic carbocycles. The van der Waals surface area contributed by atoms with E-state index in [9.17, 15) is 0 Å². The van der Waals surface area contributed by atoms with Gasteiger partial charge in [0.1, 0.15) is 0 Å². The summed E-state index contributed by atoms with van der Waals surface area (Å²) >= 11 is 0. The van der Waals surface area contributed by atoms with Gasteiger partial charge in [0.15, 0.2) is 0 Å². The van der Waals surface area contributed by atoms with Crippen molar-refractivity contribution in [2.24, 2.45) is 0 Å². The summed E-state index contributed by atoms with van der Waals surface area (Å²) < 4.78 is 0. The fourth-order valence-corrected chi connectivity index (χ4v) is 6.59. The van der Waals surface area contributed by atoms with Crippen LogP contribution in [0.15, 0.2) is 212 Å². The Bertz CT molecular complexity index is 2260. The van der Waals surface area contributed by atoms with Crippen LogP contribution in [0.5, 0.6) is 0 Å². The van der Waals surface area contributed by atoms with Crippen molar-refractivity contribution in [1.82, 2.24) is 0 Å². The SMILES string of the molecule is C(=C(/c1ccccc1)c1ccc(N(c2ccccc2)c2ccccc2)cc1)/c1ccc2cc(N(c3ccccc3)c3ccccc3)ccc2c1. The Balaban J connectivity index is 1.16. The molecule has 0 aliphatic rings. The molecule has 0 saturated heterocycles. The molecule has 0 spiro atoms. The fourth-order valence-electron chi connectivity index (χ4n) is 6.59. The van der Waals surface area contributed by atoms with Crippen LogP contribution in [-0.2, 0) is 0 Å². The lowest BCUT2D eigenvalue weighted by molar-refractivity contribution is 1.28. The second kappa shape index (κ2) is 14.2. The second-order valence-electron chi connectivity index (χ2n) is 12.3. The molecule has 0 aromatic heterocycles. The van der Waals surface area contributed by atoms with Crippen molar-refractivity contribution in [2.45, 2.75) is 0 Å². The molecule has 2 nitrogen and oxygen atoms in total. The van der Waals surface area contributed by atoms with Crippen LogP contribution < -0.4 is 9.80 Å². The Morgan fingerprint density at radius 3 is 1.16 bits per heavy atom. The Hall–Kier alpha value is -6.64. The first kappa shape index (κ1) is 30.7. The molecule has 0 bridgehead atoms. The van der Waals surface area contributed by atoms with Crippen LogP contribution in [0.4, 0.5) is 34.1 Å². The van der Waals surface area contributed by atoms with Crippen LogP contribution in [0.3, 0.4) is 0 Å². The minimum atomic E-state index is 1.11. The third-order valence-electron chi connectivity index (χ3n) is 9.00. The zero-order valence-corrected chi connectivity index (χ0v) is 27.7. The smallest absolute Gasteiger partial charge is 0.0468 e.